The molecule has 0 aromatic heterocycles. The number of amides is 3. The molecule has 2 fully saturated rings. The van der Waals surface area contributed by atoms with Crippen LogP contribution in [-0.2, 0) is 19.1 Å². The number of nitrogens with zero attached hydrogens (tertiary/aromatic N) is 1. The number of carbonyl (C=O) groups excluding carboxylic acids is 4. The third-order valence-corrected chi connectivity index (χ3v) is 5.94. The molecule has 1 heterocycles. The summed E-state index contributed by atoms with van der Waals surface area (Å²) >= 11 is 0. The maximum atomic E-state index is 12.8. The first-order valence-electron chi connectivity index (χ1n) is 10.4. The summed E-state index contributed by atoms with van der Waals surface area (Å²) in [4.78, 5) is 51.0. The normalized spacial score (nSPS) is 22.7. The van der Waals surface area contributed by atoms with Crippen LogP contribution in [0.5, 0.6) is 0 Å². The fraction of sp³-hybridized carbons (Fsp3) is 0.333. The smallest absolute Gasteiger partial charge is 0.338 e. The topological polar surface area (TPSA) is 92.8 Å². The second-order valence-electron chi connectivity index (χ2n) is 8.18. The average molecular weight is 420 g/mol. The summed E-state index contributed by atoms with van der Waals surface area (Å²) in [5, 5.41) is 2.63. The van der Waals surface area contributed by atoms with Gasteiger partial charge in [0.05, 0.1) is 23.1 Å². The van der Waals surface area contributed by atoms with Gasteiger partial charge in [-0.25, -0.2) is 4.79 Å². The van der Waals surface area contributed by atoms with Crippen LogP contribution < -0.4 is 10.2 Å². The molecular formula is C24H24N2O5. The number of carbonyl (C=O) groups is 4. The van der Waals surface area contributed by atoms with E-state index < -0.39 is 18.5 Å². The van der Waals surface area contributed by atoms with E-state index in [1.807, 2.05) is 6.07 Å². The molecule has 1 N–H and O–H groups in total. The Hall–Kier alpha value is -3.48. The van der Waals surface area contributed by atoms with Crippen LogP contribution in [0.15, 0.2) is 54.6 Å². The molecule has 3 amide bonds. The highest BCUT2D eigenvalue weighted by molar-refractivity contribution is 6.22. The van der Waals surface area contributed by atoms with Crippen molar-refractivity contribution in [3.63, 3.8) is 0 Å². The standard InChI is InChI=1S/C24H24N2O5/c1-15-7-12-19-20(13-15)23(29)26(22(19)28)18-10-8-16(9-11-18)24(30)31-14-21(27)25-17-5-3-2-4-6-17/h2-6,8-11,15,19-20H,7,12-14H2,1H3,(H,25,27)/t15-,19-,20+/m0/s1. The summed E-state index contributed by atoms with van der Waals surface area (Å²) < 4.78 is 5.06. The van der Waals surface area contributed by atoms with E-state index >= 15 is 0 Å². The molecule has 7 heteroatoms. The molecule has 1 aliphatic carbocycles. The van der Waals surface area contributed by atoms with Gasteiger partial charge in [-0.15, -0.1) is 0 Å². The molecule has 0 bridgehead atoms. The largest absolute Gasteiger partial charge is 0.452 e. The number of imide groups is 1. The lowest BCUT2D eigenvalue weighted by Crippen LogP contribution is -2.30. The SMILES string of the molecule is C[C@H]1CC[C@@H]2C(=O)N(c3ccc(C(=O)OCC(=O)Nc4ccccc4)cc3)C(=O)[C@@H]2C1. The van der Waals surface area contributed by atoms with Crippen molar-refractivity contribution in [3.8, 4) is 0 Å². The van der Waals surface area contributed by atoms with Gasteiger partial charge in [0.15, 0.2) is 6.61 Å². The van der Waals surface area contributed by atoms with Crippen LogP contribution in [-0.4, -0.2) is 30.3 Å². The highest BCUT2D eigenvalue weighted by Crippen LogP contribution is 2.42. The molecule has 2 aromatic rings. The number of nitrogens with one attached hydrogen (secondary N) is 1. The van der Waals surface area contributed by atoms with Gasteiger partial charge < -0.3 is 10.1 Å². The molecule has 2 aromatic carbocycles. The number of rotatable bonds is 5. The zero-order valence-corrected chi connectivity index (χ0v) is 17.2. The summed E-state index contributed by atoms with van der Waals surface area (Å²) in [6.07, 6.45) is 2.43. The minimum atomic E-state index is -0.656. The van der Waals surface area contributed by atoms with Crippen molar-refractivity contribution < 1.29 is 23.9 Å². The number of esters is 1. The molecule has 3 atom stereocenters. The Morgan fingerprint density at radius 2 is 1.65 bits per heavy atom. The fourth-order valence-electron chi connectivity index (χ4n) is 4.32. The number of hydrogen-bond acceptors (Lipinski definition) is 5. The maximum absolute atomic E-state index is 12.8. The van der Waals surface area contributed by atoms with Gasteiger partial charge in [0.25, 0.3) is 5.91 Å². The van der Waals surface area contributed by atoms with Crippen molar-refractivity contribution in [2.45, 2.75) is 26.2 Å². The summed E-state index contributed by atoms with van der Waals surface area (Å²) in [5.74, 6) is -1.46. The van der Waals surface area contributed by atoms with Crippen LogP contribution in [0.4, 0.5) is 11.4 Å². The minimum absolute atomic E-state index is 0.158. The number of para-hydroxylation sites is 1. The fourth-order valence-corrected chi connectivity index (χ4v) is 4.32. The first kappa shape index (κ1) is 20.8. The lowest BCUT2D eigenvalue weighted by molar-refractivity contribution is -0.122. The number of ether oxygens (including phenoxy) is 1. The van der Waals surface area contributed by atoms with E-state index in [1.54, 1.807) is 36.4 Å². The van der Waals surface area contributed by atoms with Crippen LogP contribution in [0, 0.1) is 17.8 Å². The lowest BCUT2D eigenvalue weighted by atomic mass is 9.76. The summed E-state index contributed by atoms with van der Waals surface area (Å²) in [5.41, 5.74) is 1.31. The zero-order valence-electron chi connectivity index (χ0n) is 17.2. The van der Waals surface area contributed by atoms with Gasteiger partial charge in [-0.05, 0) is 61.6 Å². The highest BCUT2D eigenvalue weighted by Gasteiger charge is 2.49. The lowest BCUT2D eigenvalue weighted by Gasteiger charge is -2.25. The van der Waals surface area contributed by atoms with E-state index in [1.165, 1.54) is 17.0 Å². The predicted octanol–water partition coefficient (Wildman–Crippen LogP) is 3.41. The molecule has 160 valence electrons. The molecule has 1 saturated heterocycles. The molecule has 2 aliphatic rings. The summed E-state index contributed by atoms with van der Waals surface area (Å²) in [6, 6.07) is 15.0. The van der Waals surface area contributed by atoms with Gasteiger partial charge in [-0.1, -0.05) is 25.1 Å². The Kier molecular flexibility index (Phi) is 5.84. The third kappa shape index (κ3) is 4.35. The van der Waals surface area contributed by atoms with E-state index in [0.29, 0.717) is 17.3 Å². The number of anilines is 2. The van der Waals surface area contributed by atoms with Crippen LogP contribution in [0.3, 0.4) is 0 Å². The van der Waals surface area contributed by atoms with Gasteiger partial charge in [0.1, 0.15) is 0 Å². The van der Waals surface area contributed by atoms with Gasteiger partial charge in [-0.3, -0.25) is 19.3 Å². The van der Waals surface area contributed by atoms with Crippen molar-refractivity contribution in [2.24, 2.45) is 17.8 Å². The van der Waals surface area contributed by atoms with Gasteiger partial charge in [-0.2, -0.15) is 0 Å². The molecule has 31 heavy (non-hydrogen) atoms. The Morgan fingerprint density at radius 1 is 0.968 bits per heavy atom. The van der Waals surface area contributed by atoms with E-state index in [2.05, 4.69) is 12.2 Å². The Morgan fingerprint density at radius 3 is 2.35 bits per heavy atom. The summed E-state index contributed by atoms with van der Waals surface area (Å²) in [7, 11) is 0. The quantitative estimate of drug-likeness (QED) is 0.591. The first-order chi connectivity index (χ1) is 14.9. The van der Waals surface area contributed by atoms with E-state index in [0.717, 1.165) is 19.3 Å². The molecule has 1 saturated carbocycles. The van der Waals surface area contributed by atoms with Crippen LogP contribution in [0.25, 0.3) is 0 Å². The zero-order chi connectivity index (χ0) is 22.0. The number of benzene rings is 2. The van der Waals surface area contributed by atoms with E-state index in [4.69, 9.17) is 4.74 Å². The highest BCUT2D eigenvalue weighted by atomic mass is 16.5. The summed E-state index contributed by atoms with van der Waals surface area (Å²) in [6.45, 7) is 1.69. The van der Waals surface area contributed by atoms with Gasteiger partial charge in [0, 0.05) is 5.69 Å². The molecule has 1 aliphatic heterocycles. The van der Waals surface area contributed by atoms with Gasteiger partial charge in [0.2, 0.25) is 11.8 Å². The molecule has 0 spiro atoms. The molecule has 4 rings (SSSR count). The van der Waals surface area contributed by atoms with Gasteiger partial charge >= 0.3 is 5.97 Å². The van der Waals surface area contributed by atoms with Crippen LogP contribution in [0.2, 0.25) is 0 Å². The Balaban J connectivity index is 1.36. The van der Waals surface area contributed by atoms with Crippen molar-refractivity contribution in [3.05, 3.63) is 60.2 Å². The maximum Gasteiger partial charge on any atom is 0.338 e. The number of hydrogen-bond donors (Lipinski definition) is 1. The van der Waals surface area contributed by atoms with Crippen molar-refractivity contribution in [1.82, 2.24) is 0 Å². The Bertz CT molecular complexity index is 1000. The van der Waals surface area contributed by atoms with Crippen LogP contribution in [0.1, 0.15) is 36.5 Å². The average Bonchev–Trinajstić information content (AvgIpc) is 3.02. The second kappa shape index (κ2) is 8.71. The predicted molar refractivity (Wildman–Crippen MR) is 114 cm³/mol. The molecule has 7 nitrogen and oxygen atoms in total. The molecule has 0 radical (unpaired) electrons. The number of fused-ring (bicyclic) bond motifs is 1. The first-order valence-corrected chi connectivity index (χ1v) is 10.4. The third-order valence-electron chi connectivity index (χ3n) is 5.94. The minimum Gasteiger partial charge on any atom is -0.452 e. The van der Waals surface area contributed by atoms with E-state index in [-0.39, 0.29) is 29.2 Å². The second-order valence-corrected chi connectivity index (χ2v) is 8.18. The monoisotopic (exact) mass is 420 g/mol. The molecular weight excluding hydrogens is 396 g/mol. The van der Waals surface area contributed by atoms with Crippen molar-refractivity contribution >= 4 is 35.1 Å². The van der Waals surface area contributed by atoms with Crippen molar-refractivity contribution in [2.75, 3.05) is 16.8 Å². The van der Waals surface area contributed by atoms with E-state index in [9.17, 15) is 19.2 Å². The van der Waals surface area contributed by atoms with Crippen LogP contribution >= 0.6 is 0 Å². The Labute approximate surface area is 180 Å². The van der Waals surface area contributed by atoms with Crippen molar-refractivity contribution in [1.29, 1.82) is 0 Å². The molecule has 0 unspecified atom stereocenters.